The van der Waals surface area contributed by atoms with Gasteiger partial charge in [-0.25, -0.2) is 0 Å². The molecule has 0 aliphatic heterocycles. The molecular weight excluding hydrogens is 272 g/mol. The predicted octanol–water partition coefficient (Wildman–Crippen LogP) is 3.52. The zero-order chi connectivity index (χ0) is 10.7. The number of aromatic nitrogens is 1. The van der Waals surface area contributed by atoms with Crippen molar-refractivity contribution in [1.82, 2.24) is 4.37 Å². The molecule has 0 radical (unpaired) electrons. The molecule has 1 aromatic heterocycles. The highest BCUT2D eigenvalue weighted by atomic mass is 79.9. The van der Waals surface area contributed by atoms with Crippen LogP contribution in [0.1, 0.15) is 6.92 Å². The number of nitrogens with zero attached hydrogens (tertiary/aromatic N) is 2. The first-order chi connectivity index (χ1) is 7.36. The summed E-state index contributed by atoms with van der Waals surface area (Å²) in [6, 6.07) is 8.32. The molecule has 0 bridgehead atoms. The van der Waals surface area contributed by atoms with Gasteiger partial charge < -0.3 is 4.90 Å². The normalized spacial score (nSPS) is 10.8. The fraction of sp³-hybridized carbons (Fsp3) is 0.364. The molecule has 0 spiro atoms. The summed E-state index contributed by atoms with van der Waals surface area (Å²) in [6.45, 7) is 4.23. The Kier molecular flexibility index (Phi) is 3.59. The van der Waals surface area contributed by atoms with Crippen LogP contribution in [0, 0.1) is 0 Å². The van der Waals surface area contributed by atoms with E-state index < -0.39 is 0 Å². The number of benzene rings is 1. The summed E-state index contributed by atoms with van der Waals surface area (Å²) < 4.78 is 4.45. The van der Waals surface area contributed by atoms with Crippen molar-refractivity contribution in [2.75, 3.05) is 23.3 Å². The van der Waals surface area contributed by atoms with Crippen LogP contribution in [0.25, 0.3) is 10.9 Å². The van der Waals surface area contributed by atoms with Crippen LogP contribution in [0.3, 0.4) is 0 Å². The number of fused-ring (bicyclic) bond motifs is 1. The van der Waals surface area contributed by atoms with Gasteiger partial charge in [0.05, 0.1) is 5.52 Å². The quantitative estimate of drug-likeness (QED) is 0.799. The second kappa shape index (κ2) is 4.94. The van der Waals surface area contributed by atoms with Crippen molar-refractivity contribution in [1.29, 1.82) is 0 Å². The lowest BCUT2D eigenvalue weighted by Gasteiger charge is -2.19. The molecule has 2 rings (SSSR count). The van der Waals surface area contributed by atoms with Crippen LogP contribution in [0.2, 0.25) is 0 Å². The molecule has 2 nitrogen and oxygen atoms in total. The van der Waals surface area contributed by atoms with Gasteiger partial charge in [0.25, 0.3) is 0 Å². The molecule has 0 saturated heterocycles. The number of hydrogen-bond acceptors (Lipinski definition) is 3. The second-order valence-electron chi connectivity index (χ2n) is 3.27. The molecule has 2 aromatic rings. The first kappa shape index (κ1) is 10.9. The number of halogens is 1. The van der Waals surface area contributed by atoms with E-state index in [0.717, 1.165) is 23.9 Å². The summed E-state index contributed by atoms with van der Waals surface area (Å²) in [5.41, 5.74) is 1.10. The molecule has 15 heavy (non-hydrogen) atoms. The summed E-state index contributed by atoms with van der Waals surface area (Å²) >= 11 is 5.07. The lowest BCUT2D eigenvalue weighted by atomic mass is 10.2. The largest absolute Gasteiger partial charge is 0.361 e. The Labute approximate surface area is 102 Å². The molecule has 1 heterocycles. The van der Waals surface area contributed by atoms with Crippen molar-refractivity contribution in [2.45, 2.75) is 6.92 Å². The van der Waals surface area contributed by atoms with Crippen molar-refractivity contribution in [3.63, 3.8) is 0 Å². The van der Waals surface area contributed by atoms with Gasteiger partial charge in [0.1, 0.15) is 5.00 Å². The van der Waals surface area contributed by atoms with Crippen LogP contribution < -0.4 is 4.90 Å². The fourth-order valence-corrected chi connectivity index (χ4v) is 2.99. The Morgan fingerprint density at radius 2 is 2.20 bits per heavy atom. The monoisotopic (exact) mass is 284 g/mol. The summed E-state index contributed by atoms with van der Waals surface area (Å²) in [6.07, 6.45) is 0. The van der Waals surface area contributed by atoms with Gasteiger partial charge in [-0.15, -0.1) is 0 Å². The zero-order valence-electron chi connectivity index (χ0n) is 8.61. The van der Waals surface area contributed by atoms with E-state index in [1.165, 1.54) is 10.4 Å². The maximum absolute atomic E-state index is 4.45. The third kappa shape index (κ3) is 2.16. The van der Waals surface area contributed by atoms with E-state index in [4.69, 9.17) is 0 Å². The van der Waals surface area contributed by atoms with E-state index in [1.54, 1.807) is 11.5 Å². The van der Waals surface area contributed by atoms with E-state index in [1.807, 2.05) is 6.07 Å². The van der Waals surface area contributed by atoms with Gasteiger partial charge in [0, 0.05) is 23.8 Å². The van der Waals surface area contributed by atoms with Gasteiger partial charge in [0.15, 0.2) is 0 Å². The summed E-state index contributed by atoms with van der Waals surface area (Å²) in [4.78, 5) is 2.36. The van der Waals surface area contributed by atoms with E-state index in [9.17, 15) is 0 Å². The van der Waals surface area contributed by atoms with Crippen LogP contribution in [0.5, 0.6) is 0 Å². The molecule has 0 aliphatic rings. The van der Waals surface area contributed by atoms with E-state index in [-0.39, 0.29) is 0 Å². The van der Waals surface area contributed by atoms with Crippen molar-refractivity contribution < 1.29 is 0 Å². The molecule has 0 atom stereocenters. The first-order valence-electron chi connectivity index (χ1n) is 5.02. The molecular formula is C11H13BrN2S. The summed E-state index contributed by atoms with van der Waals surface area (Å²) in [5.74, 6) is 0. The Bertz CT molecular complexity index is 441. The third-order valence-corrected chi connectivity index (χ3v) is 3.68. The van der Waals surface area contributed by atoms with Gasteiger partial charge in [0.2, 0.25) is 0 Å². The maximum atomic E-state index is 4.45. The van der Waals surface area contributed by atoms with E-state index in [2.05, 4.69) is 50.3 Å². The number of anilines is 1. The second-order valence-corrected chi connectivity index (χ2v) is 4.82. The number of hydrogen-bond donors (Lipinski definition) is 0. The lowest BCUT2D eigenvalue weighted by molar-refractivity contribution is 0.889. The Morgan fingerprint density at radius 1 is 1.40 bits per heavy atom. The van der Waals surface area contributed by atoms with Gasteiger partial charge in [-0.05, 0) is 30.6 Å². The third-order valence-electron chi connectivity index (χ3n) is 2.39. The van der Waals surface area contributed by atoms with Crippen molar-refractivity contribution >= 4 is 43.4 Å². The highest BCUT2D eigenvalue weighted by molar-refractivity contribution is 9.09. The Morgan fingerprint density at radius 3 is 2.93 bits per heavy atom. The fourth-order valence-electron chi connectivity index (χ4n) is 1.61. The van der Waals surface area contributed by atoms with E-state index in [0.29, 0.717) is 0 Å². The molecule has 0 fully saturated rings. The number of rotatable bonds is 4. The number of alkyl halides is 1. The van der Waals surface area contributed by atoms with Crippen molar-refractivity contribution in [3.05, 3.63) is 24.3 Å². The van der Waals surface area contributed by atoms with Crippen molar-refractivity contribution in [2.24, 2.45) is 0 Å². The van der Waals surface area contributed by atoms with Gasteiger partial charge in [-0.1, -0.05) is 28.1 Å². The molecule has 0 amide bonds. The lowest BCUT2D eigenvalue weighted by Crippen LogP contribution is -2.23. The van der Waals surface area contributed by atoms with Crippen LogP contribution in [0.15, 0.2) is 24.3 Å². The molecule has 0 saturated carbocycles. The van der Waals surface area contributed by atoms with Crippen LogP contribution in [-0.4, -0.2) is 22.8 Å². The molecule has 0 N–H and O–H groups in total. The average Bonchev–Trinajstić information content (AvgIpc) is 2.70. The molecule has 80 valence electrons. The minimum atomic E-state index is 0.993. The molecule has 0 aliphatic carbocycles. The topological polar surface area (TPSA) is 16.1 Å². The predicted molar refractivity (Wildman–Crippen MR) is 71.3 cm³/mol. The summed E-state index contributed by atoms with van der Waals surface area (Å²) in [7, 11) is 0. The highest BCUT2D eigenvalue weighted by Gasteiger charge is 2.10. The average molecular weight is 285 g/mol. The van der Waals surface area contributed by atoms with Gasteiger partial charge in [-0.3, -0.25) is 0 Å². The van der Waals surface area contributed by atoms with Gasteiger partial charge >= 0.3 is 0 Å². The zero-order valence-corrected chi connectivity index (χ0v) is 11.0. The van der Waals surface area contributed by atoms with Gasteiger partial charge in [-0.2, -0.15) is 4.37 Å². The highest BCUT2D eigenvalue weighted by Crippen LogP contribution is 2.30. The smallest absolute Gasteiger partial charge is 0.119 e. The first-order valence-corrected chi connectivity index (χ1v) is 6.91. The Hall–Kier alpha value is -0.610. The molecule has 4 heteroatoms. The minimum absolute atomic E-state index is 0.993. The van der Waals surface area contributed by atoms with E-state index >= 15 is 0 Å². The minimum Gasteiger partial charge on any atom is -0.361 e. The van der Waals surface area contributed by atoms with Crippen LogP contribution in [-0.2, 0) is 0 Å². The summed E-state index contributed by atoms with van der Waals surface area (Å²) in [5, 5.41) is 3.55. The van der Waals surface area contributed by atoms with Crippen molar-refractivity contribution in [3.8, 4) is 0 Å². The van der Waals surface area contributed by atoms with Crippen LogP contribution in [0.4, 0.5) is 5.00 Å². The van der Waals surface area contributed by atoms with Crippen LogP contribution >= 0.6 is 27.5 Å². The Balaban J connectivity index is 2.41. The standard InChI is InChI=1S/C11H13BrN2S/c1-2-14(8-7-12)11-9-5-3-4-6-10(9)13-15-11/h3-6H,2,7-8H2,1H3. The maximum Gasteiger partial charge on any atom is 0.119 e. The molecule has 0 unspecified atom stereocenters. The SMILES string of the molecule is CCN(CCBr)c1snc2ccccc12. The molecule has 1 aromatic carbocycles.